The van der Waals surface area contributed by atoms with Crippen LogP contribution in [0.15, 0.2) is 138 Å². The zero-order chi connectivity index (χ0) is 27.8. The number of para-hydroxylation sites is 1. The van der Waals surface area contributed by atoms with Gasteiger partial charge in [0.15, 0.2) is 4.80 Å². The van der Waals surface area contributed by atoms with E-state index < -0.39 is 0 Å². The maximum absolute atomic E-state index is 6.20. The highest BCUT2D eigenvalue weighted by molar-refractivity contribution is 7.10. The lowest BCUT2D eigenvalue weighted by molar-refractivity contribution is 0.481. The Kier molecular flexibility index (Phi) is 6.45. The molecule has 5 nitrogen and oxygen atoms in total. The third-order valence-electron chi connectivity index (χ3n) is 7.10. The Morgan fingerprint density at radius 2 is 1.51 bits per heavy atom. The van der Waals surface area contributed by atoms with Crippen LogP contribution in [0.4, 0.5) is 11.5 Å². The molecule has 2 aliphatic heterocycles. The number of thiazole rings is 1. The zero-order valence-electron chi connectivity index (χ0n) is 22.8. The summed E-state index contributed by atoms with van der Waals surface area (Å²) in [5.74, 6) is 3.53. The third kappa shape index (κ3) is 4.94. The van der Waals surface area contributed by atoms with Crippen LogP contribution in [0.3, 0.4) is 0 Å². The lowest BCUT2D eigenvalue weighted by Crippen LogP contribution is -2.33. The van der Waals surface area contributed by atoms with E-state index in [9.17, 15) is 0 Å². The minimum Gasteiger partial charge on any atom is -0.457 e. The minimum absolute atomic E-state index is 0.213. The summed E-state index contributed by atoms with van der Waals surface area (Å²) in [4.78, 5) is 14.6. The topological polar surface area (TPSA) is 42.1 Å². The molecule has 0 spiro atoms. The summed E-state index contributed by atoms with van der Waals surface area (Å²) in [6, 6.07) is 34.9. The average molecular weight is 553 g/mol. The molecule has 0 saturated heterocycles. The van der Waals surface area contributed by atoms with Gasteiger partial charge < -0.3 is 4.74 Å². The number of ether oxygens (including phenoxy) is 1. The molecule has 0 bridgehead atoms. The number of aromatic nitrogens is 1. The van der Waals surface area contributed by atoms with Crippen LogP contribution in [-0.2, 0) is 0 Å². The third-order valence-corrected chi connectivity index (χ3v) is 8.19. The van der Waals surface area contributed by atoms with E-state index in [-0.39, 0.29) is 6.04 Å². The molecule has 7 rings (SSSR count). The molecule has 1 atom stereocenters. The normalized spacial score (nSPS) is 15.9. The van der Waals surface area contributed by atoms with E-state index in [0.717, 1.165) is 49.8 Å². The van der Waals surface area contributed by atoms with Gasteiger partial charge in [0.2, 0.25) is 0 Å². The van der Waals surface area contributed by atoms with Gasteiger partial charge in [-0.3, -0.25) is 14.5 Å². The standard InChI is InChI=1S/C35H28N4OS/c1-24-14-18-27(19-15-24)36-35-39(28-20-16-25(2)17-21-28)34-33(41-35)32(37-31-13-6-7-22-38(31)34)26-9-8-12-30(23-26)40-29-10-4-3-5-11-29/h3-23,32H,1-2H3. The van der Waals surface area contributed by atoms with Gasteiger partial charge in [0.25, 0.3) is 0 Å². The smallest absolute Gasteiger partial charge is 0.196 e. The number of allylic oxidation sites excluding steroid dienone is 2. The molecule has 6 heteroatoms. The summed E-state index contributed by atoms with van der Waals surface area (Å²) in [7, 11) is 0. The van der Waals surface area contributed by atoms with E-state index in [1.807, 2.05) is 54.6 Å². The minimum atomic E-state index is -0.213. The summed E-state index contributed by atoms with van der Waals surface area (Å²) >= 11 is 1.68. The fourth-order valence-corrected chi connectivity index (χ4v) is 6.24. The van der Waals surface area contributed by atoms with Gasteiger partial charge >= 0.3 is 0 Å². The summed E-state index contributed by atoms with van der Waals surface area (Å²) in [5.41, 5.74) is 5.46. The van der Waals surface area contributed by atoms with Crippen LogP contribution >= 0.6 is 11.3 Å². The van der Waals surface area contributed by atoms with Gasteiger partial charge in [-0.25, -0.2) is 4.99 Å². The van der Waals surface area contributed by atoms with Crippen molar-refractivity contribution in [3.05, 3.63) is 154 Å². The molecule has 0 N–H and O–H groups in total. The van der Waals surface area contributed by atoms with Crippen LogP contribution in [0.5, 0.6) is 11.5 Å². The monoisotopic (exact) mass is 552 g/mol. The number of anilines is 1. The SMILES string of the molecule is Cc1ccc(N=c2sc3c(n2-c2ccc(C)cc2)N2C=CC=CC2=NC3c2cccc(Oc3ccccc3)c2)cc1. The molecular weight excluding hydrogens is 524 g/mol. The summed E-state index contributed by atoms with van der Waals surface area (Å²) < 4.78 is 8.46. The molecule has 0 radical (unpaired) electrons. The van der Waals surface area contributed by atoms with Crippen molar-refractivity contribution in [2.24, 2.45) is 9.98 Å². The van der Waals surface area contributed by atoms with Crippen molar-refractivity contribution in [3.8, 4) is 17.2 Å². The number of aryl methyl sites for hydroxylation is 2. The number of rotatable bonds is 5. The molecule has 0 fully saturated rings. The Morgan fingerprint density at radius 3 is 2.29 bits per heavy atom. The summed E-state index contributed by atoms with van der Waals surface area (Å²) in [6.07, 6.45) is 8.22. The molecule has 0 saturated carbocycles. The molecule has 2 aliphatic rings. The van der Waals surface area contributed by atoms with Crippen LogP contribution in [0.1, 0.15) is 27.6 Å². The number of hydrogen-bond acceptors (Lipinski definition) is 5. The maximum Gasteiger partial charge on any atom is 0.196 e. The second-order valence-electron chi connectivity index (χ2n) is 10.1. The second kappa shape index (κ2) is 10.6. The highest BCUT2D eigenvalue weighted by Gasteiger charge is 2.33. The van der Waals surface area contributed by atoms with Crippen LogP contribution < -0.4 is 14.4 Å². The van der Waals surface area contributed by atoms with Crippen molar-refractivity contribution >= 4 is 28.7 Å². The molecular formula is C35H28N4OS. The number of nitrogens with zero attached hydrogens (tertiary/aromatic N) is 4. The Bertz CT molecular complexity index is 1880. The van der Waals surface area contributed by atoms with E-state index in [4.69, 9.17) is 14.7 Å². The molecule has 0 amide bonds. The highest BCUT2D eigenvalue weighted by Crippen LogP contribution is 2.43. The van der Waals surface area contributed by atoms with E-state index in [0.29, 0.717) is 0 Å². The van der Waals surface area contributed by atoms with Crippen LogP contribution in [-0.4, -0.2) is 10.4 Å². The van der Waals surface area contributed by atoms with E-state index >= 15 is 0 Å². The molecule has 0 aliphatic carbocycles. The first-order chi connectivity index (χ1) is 20.1. The molecule has 200 valence electrons. The van der Waals surface area contributed by atoms with Gasteiger partial charge in [-0.05, 0) is 80.1 Å². The van der Waals surface area contributed by atoms with Gasteiger partial charge in [-0.15, -0.1) is 0 Å². The van der Waals surface area contributed by atoms with Crippen molar-refractivity contribution in [1.29, 1.82) is 0 Å². The largest absolute Gasteiger partial charge is 0.457 e. The van der Waals surface area contributed by atoms with Crippen molar-refractivity contribution in [2.75, 3.05) is 4.90 Å². The van der Waals surface area contributed by atoms with Crippen LogP contribution in [0.2, 0.25) is 0 Å². The van der Waals surface area contributed by atoms with Gasteiger partial charge in [-0.2, -0.15) is 0 Å². The van der Waals surface area contributed by atoms with Gasteiger partial charge in [0.1, 0.15) is 29.2 Å². The highest BCUT2D eigenvalue weighted by atomic mass is 32.1. The quantitative estimate of drug-likeness (QED) is 0.219. The fourth-order valence-electron chi connectivity index (χ4n) is 5.03. The Morgan fingerprint density at radius 1 is 0.780 bits per heavy atom. The average Bonchev–Trinajstić information content (AvgIpc) is 3.38. The van der Waals surface area contributed by atoms with Crippen molar-refractivity contribution in [3.63, 3.8) is 0 Å². The number of fused-ring (bicyclic) bond motifs is 3. The molecule has 1 aromatic heterocycles. The molecule has 5 aromatic rings. The van der Waals surface area contributed by atoms with Crippen molar-refractivity contribution in [1.82, 2.24) is 4.57 Å². The van der Waals surface area contributed by atoms with E-state index in [2.05, 4.69) is 96.3 Å². The first-order valence-corrected chi connectivity index (χ1v) is 14.4. The number of hydrogen-bond donors (Lipinski definition) is 0. The van der Waals surface area contributed by atoms with E-state index in [1.165, 1.54) is 11.1 Å². The summed E-state index contributed by atoms with van der Waals surface area (Å²) in [5, 5.41) is 0. The zero-order valence-corrected chi connectivity index (χ0v) is 23.6. The molecule has 41 heavy (non-hydrogen) atoms. The molecule has 4 aromatic carbocycles. The van der Waals surface area contributed by atoms with Gasteiger partial charge in [0, 0.05) is 11.9 Å². The van der Waals surface area contributed by atoms with Crippen LogP contribution in [0.25, 0.3) is 5.69 Å². The van der Waals surface area contributed by atoms with Gasteiger partial charge in [-0.1, -0.05) is 83.1 Å². The van der Waals surface area contributed by atoms with Crippen molar-refractivity contribution in [2.45, 2.75) is 19.9 Å². The van der Waals surface area contributed by atoms with E-state index in [1.54, 1.807) is 11.3 Å². The second-order valence-corrected chi connectivity index (χ2v) is 11.1. The Labute approximate surface area is 243 Å². The lowest BCUT2D eigenvalue weighted by atomic mass is 10.0. The predicted octanol–water partition coefficient (Wildman–Crippen LogP) is 8.57. The first-order valence-electron chi connectivity index (χ1n) is 13.6. The number of aliphatic imine (C=N–C) groups is 1. The van der Waals surface area contributed by atoms with Crippen molar-refractivity contribution < 1.29 is 4.74 Å². The van der Waals surface area contributed by atoms with Crippen LogP contribution in [0, 0.1) is 13.8 Å². The number of amidine groups is 1. The Balaban J connectivity index is 1.43. The lowest BCUT2D eigenvalue weighted by Gasteiger charge is -2.31. The Hall–Kier alpha value is -4.94. The predicted molar refractivity (Wildman–Crippen MR) is 168 cm³/mol. The fraction of sp³-hybridized carbons (Fsp3) is 0.0857. The molecule has 1 unspecified atom stereocenters. The molecule has 3 heterocycles. The van der Waals surface area contributed by atoms with Gasteiger partial charge in [0.05, 0.1) is 10.6 Å². The maximum atomic E-state index is 6.20. The first kappa shape index (κ1) is 25.1. The summed E-state index contributed by atoms with van der Waals surface area (Å²) in [6.45, 7) is 4.20. The number of benzene rings is 4.